The Morgan fingerprint density at radius 2 is 1.64 bits per heavy atom. The summed E-state index contributed by atoms with van der Waals surface area (Å²) in [7, 11) is -2.33. The monoisotopic (exact) mass is 319 g/mol. The largest absolute Gasteiger partial charge is 0.465 e. The molecule has 2 aromatic carbocycles. The second-order valence-electron chi connectivity index (χ2n) is 4.52. The van der Waals surface area contributed by atoms with Gasteiger partial charge in [-0.15, -0.1) is 0 Å². The van der Waals surface area contributed by atoms with Crippen LogP contribution in [0.15, 0.2) is 59.5 Å². The van der Waals surface area contributed by atoms with Crippen LogP contribution >= 0.6 is 0 Å². The SMILES string of the molecule is CCN(c1ccc(C(=O)OC)cc1)S(=O)(=O)c1ccccc1. The van der Waals surface area contributed by atoms with Crippen molar-refractivity contribution in [2.75, 3.05) is 18.0 Å². The summed E-state index contributed by atoms with van der Waals surface area (Å²) in [4.78, 5) is 11.7. The van der Waals surface area contributed by atoms with Gasteiger partial charge in [0.1, 0.15) is 0 Å². The number of ether oxygens (including phenoxy) is 1. The molecule has 0 aliphatic heterocycles. The van der Waals surface area contributed by atoms with Crippen molar-refractivity contribution in [2.24, 2.45) is 0 Å². The second kappa shape index (κ2) is 6.62. The Bertz CT molecular complexity index is 739. The normalized spacial score (nSPS) is 11.0. The van der Waals surface area contributed by atoms with Crippen LogP contribution in [-0.4, -0.2) is 28.0 Å². The first-order chi connectivity index (χ1) is 10.5. The van der Waals surface area contributed by atoms with Crippen molar-refractivity contribution < 1.29 is 17.9 Å². The van der Waals surface area contributed by atoms with Crippen molar-refractivity contribution in [3.8, 4) is 0 Å². The van der Waals surface area contributed by atoms with Gasteiger partial charge in [-0.3, -0.25) is 4.31 Å². The number of carbonyl (C=O) groups excluding carboxylic acids is 1. The van der Waals surface area contributed by atoms with Crippen molar-refractivity contribution in [1.29, 1.82) is 0 Å². The summed E-state index contributed by atoms with van der Waals surface area (Å²) in [6.07, 6.45) is 0. The van der Waals surface area contributed by atoms with Gasteiger partial charge in [0.15, 0.2) is 0 Å². The first kappa shape index (κ1) is 16.0. The molecular weight excluding hydrogens is 302 g/mol. The molecule has 0 bridgehead atoms. The molecule has 0 unspecified atom stereocenters. The second-order valence-corrected chi connectivity index (χ2v) is 6.38. The molecule has 0 aromatic heterocycles. The van der Waals surface area contributed by atoms with Crippen LogP contribution in [-0.2, 0) is 14.8 Å². The summed E-state index contributed by atoms with van der Waals surface area (Å²) >= 11 is 0. The molecule has 0 N–H and O–H groups in total. The average Bonchev–Trinajstić information content (AvgIpc) is 2.56. The van der Waals surface area contributed by atoms with Crippen LogP contribution in [0, 0.1) is 0 Å². The molecular formula is C16H17NO4S. The van der Waals surface area contributed by atoms with Crippen LogP contribution in [0.4, 0.5) is 5.69 Å². The molecule has 2 aromatic rings. The zero-order valence-electron chi connectivity index (χ0n) is 12.4. The van der Waals surface area contributed by atoms with Gasteiger partial charge in [-0.2, -0.15) is 0 Å². The lowest BCUT2D eigenvalue weighted by atomic mass is 10.2. The number of nitrogens with zero attached hydrogens (tertiary/aromatic N) is 1. The molecule has 0 saturated carbocycles. The number of hydrogen-bond acceptors (Lipinski definition) is 4. The number of hydrogen-bond donors (Lipinski definition) is 0. The number of rotatable bonds is 5. The van der Waals surface area contributed by atoms with E-state index in [2.05, 4.69) is 4.74 Å². The zero-order valence-corrected chi connectivity index (χ0v) is 13.2. The highest BCUT2D eigenvalue weighted by molar-refractivity contribution is 7.92. The number of carbonyl (C=O) groups is 1. The van der Waals surface area contributed by atoms with E-state index in [0.29, 0.717) is 11.3 Å². The summed E-state index contributed by atoms with van der Waals surface area (Å²) in [5.41, 5.74) is 0.874. The van der Waals surface area contributed by atoms with Crippen molar-refractivity contribution >= 4 is 21.7 Å². The molecule has 0 aliphatic rings. The van der Waals surface area contributed by atoms with E-state index < -0.39 is 16.0 Å². The van der Waals surface area contributed by atoms with Crippen molar-refractivity contribution in [1.82, 2.24) is 0 Å². The van der Waals surface area contributed by atoms with Gasteiger partial charge in [-0.1, -0.05) is 18.2 Å². The molecule has 0 amide bonds. The Hall–Kier alpha value is -2.34. The average molecular weight is 319 g/mol. The van der Waals surface area contributed by atoms with Gasteiger partial charge in [-0.25, -0.2) is 13.2 Å². The predicted molar refractivity (Wildman–Crippen MR) is 84.4 cm³/mol. The Labute approximate surface area is 130 Å². The van der Waals surface area contributed by atoms with Gasteiger partial charge >= 0.3 is 5.97 Å². The summed E-state index contributed by atoms with van der Waals surface area (Å²) in [6.45, 7) is 2.05. The highest BCUT2D eigenvalue weighted by Crippen LogP contribution is 2.23. The lowest BCUT2D eigenvalue weighted by molar-refractivity contribution is 0.0601. The van der Waals surface area contributed by atoms with E-state index in [-0.39, 0.29) is 11.4 Å². The Kier molecular flexibility index (Phi) is 4.82. The zero-order chi connectivity index (χ0) is 16.2. The quantitative estimate of drug-likeness (QED) is 0.795. The fraction of sp³-hybridized carbons (Fsp3) is 0.188. The Morgan fingerprint density at radius 1 is 1.05 bits per heavy atom. The van der Waals surface area contributed by atoms with Gasteiger partial charge in [0.25, 0.3) is 10.0 Å². The van der Waals surface area contributed by atoms with Gasteiger partial charge in [0.05, 0.1) is 23.3 Å². The van der Waals surface area contributed by atoms with Crippen LogP contribution in [0.3, 0.4) is 0 Å². The minimum Gasteiger partial charge on any atom is -0.465 e. The lowest BCUT2D eigenvalue weighted by Gasteiger charge is -2.23. The predicted octanol–water partition coefficient (Wildman–Crippen LogP) is 2.69. The van der Waals surface area contributed by atoms with Gasteiger partial charge in [0.2, 0.25) is 0 Å². The molecule has 0 spiro atoms. The van der Waals surface area contributed by atoms with Crippen molar-refractivity contribution in [3.63, 3.8) is 0 Å². The Morgan fingerprint density at radius 3 is 2.14 bits per heavy atom. The van der Waals surface area contributed by atoms with Crippen LogP contribution in [0.25, 0.3) is 0 Å². The molecule has 0 aliphatic carbocycles. The molecule has 0 radical (unpaired) electrons. The van der Waals surface area contributed by atoms with Gasteiger partial charge < -0.3 is 4.74 Å². The fourth-order valence-electron chi connectivity index (χ4n) is 2.09. The van der Waals surface area contributed by atoms with Crippen molar-refractivity contribution in [3.05, 3.63) is 60.2 Å². The summed E-state index contributed by atoms with van der Waals surface area (Å²) in [5, 5.41) is 0. The maximum absolute atomic E-state index is 12.7. The van der Waals surface area contributed by atoms with E-state index >= 15 is 0 Å². The molecule has 0 saturated heterocycles. The molecule has 2 rings (SSSR count). The molecule has 6 heteroatoms. The minimum absolute atomic E-state index is 0.230. The first-order valence-electron chi connectivity index (χ1n) is 6.77. The first-order valence-corrected chi connectivity index (χ1v) is 8.21. The smallest absolute Gasteiger partial charge is 0.337 e. The van der Waals surface area contributed by atoms with E-state index in [1.807, 2.05) is 0 Å². The number of esters is 1. The third-order valence-corrected chi connectivity index (χ3v) is 5.11. The highest BCUT2D eigenvalue weighted by Gasteiger charge is 2.23. The Balaban J connectivity index is 2.38. The van der Waals surface area contributed by atoms with Crippen LogP contribution < -0.4 is 4.31 Å². The van der Waals surface area contributed by atoms with Crippen LogP contribution in [0.2, 0.25) is 0 Å². The maximum Gasteiger partial charge on any atom is 0.337 e. The van der Waals surface area contributed by atoms with E-state index in [9.17, 15) is 13.2 Å². The van der Waals surface area contributed by atoms with Crippen LogP contribution in [0.5, 0.6) is 0 Å². The maximum atomic E-state index is 12.7. The van der Waals surface area contributed by atoms with Crippen LogP contribution in [0.1, 0.15) is 17.3 Å². The van der Waals surface area contributed by atoms with E-state index in [1.165, 1.54) is 11.4 Å². The number of sulfonamides is 1. The molecule has 116 valence electrons. The third kappa shape index (κ3) is 3.12. The molecule has 5 nitrogen and oxygen atoms in total. The molecule has 22 heavy (non-hydrogen) atoms. The summed E-state index contributed by atoms with van der Waals surface area (Å²) in [5.74, 6) is -0.458. The molecule has 0 heterocycles. The van der Waals surface area contributed by atoms with Gasteiger partial charge in [-0.05, 0) is 43.3 Å². The topological polar surface area (TPSA) is 63.7 Å². The van der Waals surface area contributed by atoms with E-state index in [0.717, 1.165) is 0 Å². The lowest BCUT2D eigenvalue weighted by Crippen LogP contribution is -2.30. The number of benzene rings is 2. The fourth-order valence-corrected chi connectivity index (χ4v) is 3.59. The van der Waals surface area contributed by atoms with E-state index in [1.54, 1.807) is 61.5 Å². The summed E-state index contributed by atoms with van der Waals surface area (Å²) < 4.78 is 31.3. The number of anilines is 1. The van der Waals surface area contributed by atoms with Crippen molar-refractivity contribution in [2.45, 2.75) is 11.8 Å². The highest BCUT2D eigenvalue weighted by atomic mass is 32.2. The third-order valence-electron chi connectivity index (χ3n) is 3.19. The minimum atomic E-state index is -3.63. The standard InChI is InChI=1S/C16H17NO4S/c1-3-17(22(19,20)15-7-5-4-6-8-15)14-11-9-13(10-12-14)16(18)21-2/h4-12H,3H2,1-2H3. The molecule has 0 fully saturated rings. The summed E-state index contributed by atoms with van der Waals surface area (Å²) in [6, 6.07) is 14.5. The van der Waals surface area contributed by atoms with Gasteiger partial charge in [0, 0.05) is 6.54 Å². The molecule has 0 atom stereocenters. The van der Waals surface area contributed by atoms with E-state index in [4.69, 9.17) is 0 Å². The number of methoxy groups -OCH3 is 1.